The Balaban J connectivity index is 2.86. The number of benzene rings is 1. The summed E-state index contributed by atoms with van der Waals surface area (Å²) in [7, 11) is 0. The molecule has 0 aliphatic heterocycles. The number of carbonyl (C=O) groups excluding carboxylic acids is 1. The van der Waals surface area contributed by atoms with Crippen LogP contribution in [-0.4, -0.2) is 34.7 Å². The molecule has 18 heavy (non-hydrogen) atoms. The molecule has 0 fully saturated rings. The smallest absolute Gasteiger partial charge is 0.326 e. The van der Waals surface area contributed by atoms with E-state index in [9.17, 15) is 9.59 Å². The first-order valence-electron chi connectivity index (χ1n) is 5.05. The predicted molar refractivity (Wildman–Crippen MR) is 77.5 cm³/mol. The van der Waals surface area contributed by atoms with Crippen LogP contribution in [0.3, 0.4) is 0 Å². The van der Waals surface area contributed by atoms with Gasteiger partial charge in [0.1, 0.15) is 6.04 Å². The first kappa shape index (κ1) is 15.4. The summed E-state index contributed by atoms with van der Waals surface area (Å²) in [5, 5.41) is 20.0. The van der Waals surface area contributed by atoms with Crippen LogP contribution in [0.2, 0.25) is 0 Å². The van der Waals surface area contributed by atoms with Crippen molar-refractivity contribution in [1.29, 1.82) is 0 Å². The lowest BCUT2D eigenvalue weighted by atomic mass is 10.1. The molecule has 1 aromatic carbocycles. The molecule has 1 aromatic rings. The van der Waals surface area contributed by atoms with Crippen LogP contribution >= 0.6 is 38.5 Å². The van der Waals surface area contributed by atoms with Gasteiger partial charge < -0.3 is 15.5 Å². The van der Waals surface area contributed by atoms with Crippen LogP contribution in [0.1, 0.15) is 16.8 Å². The van der Waals surface area contributed by atoms with Crippen LogP contribution in [0, 0.1) is 3.57 Å². The molecule has 5 nitrogen and oxygen atoms in total. The first-order chi connectivity index (χ1) is 8.45. The predicted octanol–water partition coefficient (Wildman–Crippen LogP) is 1.62. The monoisotopic (exact) mass is 427 g/mol. The number of halogens is 2. The van der Waals surface area contributed by atoms with E-state index < -0.39 is 17.9 Å². The molecule has 0 unspecified atom stereocenters. The molecular formula is C11H11BrINO4. The van der Waals surface area contributed by atoms with E-state index in [4.69, 9.17) is 10.2 Å². The first-order valence-corrected chi connectivity index (χ1v) is 6.92. The number of hydrogen-bond donors (Lipinski definition) is 3. The fourth-order valence-corrected chi connectivity index (χ4v) is 2.24. The summed E-state index contributed by atoms with van der Waals surface area (Å²) in [6.07, 6.45) is -0.0222. The molecule has 0 aromatic heterocycles. The molecule has 1 atom stereocenters. The highest BCUT2D eigenvalue weighted by Crippen LogP contribution is 2.18. The number of carboxylic acids is 1. The van der Waals surface area contributed by atoms with Crippen LogP contribution in [0.4, 0.5) is 0 Å². The van der Waals surface area contributed by atoms with Crippen molar-refractivity contribution in [3.05, 3.63) is 31.8 Å². The number of aliphatic carboxylic acids is 1. The van der Waals surface area contributed by atoms with Gasteiger partial charge in [0.15, 0.2) is 0 Å². The summed E-state index contributed by atoms with van der Waals surface area (Å²) >= 11 is 5.25. The second kappa shape index (κ2) is 7.05. The van der Waals surface area contributed by atoms with Crippen molar-refractivity contribution in [2.75, 3.05) is 6.61 Å². The maximum atomic E-state index is 11.9. The summed E-state index contributed by atoms with van der Waals surface area (Å²) in [5.41, 5.74) is 0.397. The normalized spacial score (nSPS) is 11.9. The van der Waals surface area contributed by atoms with Gasteiger partial charge in [0.2, 0.25) is 0 Å². The van der Waals surface area contributed by atoms with Gasteiger partial charge in [-0.05, 0) is 40.8 Å². The molecule has 0 heterocycles. The minimum atomic E-state index is -1.16. The Morgan fingerprint density at radius 3 is 2.67 bits per heavy atom. The maximum absolute atomic E-state index is 11.9. The molecule has 0 bridgehead atoms. The number of aliphatic hydroxyl groups is 1. The SMILES string of the molecule is O=C(N[C@H](CCO)C(=O)O)c1cc(Br)ccc1I. The van der Waals surface area contributed by atoms with Gasteiger partial charge in [0, 0.05) is 21.1 Å². The molecule has 0 radical (unpaired) electrons. The average molecular weight is 428 g/mol. The Morgan fingerprint density at radius 1 is 1.44 bits per heavy atom. The zero-order chi connectivity index (χ0) is 13.7. The van der Waals surface area contributed by atoms with E-state index in [2.05, 4.69) is 21.2 Å². The van der Waals surface area contributed by atoms with Crippen LogP contribution in [-0.2, 0) is 4.79 Å². The second-order valence-corrected chi connectivity index (χ2v) is 5.58. The van der Waals surface area contributed by atoms with Crippen molar-refractivity contribution in [2.24, 2.45) is 0 Å². The fourth-order valence-electron chi connectivity index (χ4n) is 1.29. The molecule has 98 valence electrons. The van der Waals surface area contributed by atoms with Crippen LogP contribution in [0.25, 0.3) is 0 Å². The minimum Gasteiger partial charge on any atom is -0.480 e. The molecule has 0 aliphatic carbocycles. The molecule has 0 aliphatic rings. The summed E-state index contributed by atoms with van der Waals surface area (Å²) in [6, 6.07) is 4.08. The quantitative estimate of drug-likeness (QED) is 0.623. The van der Waals surface area contributed by atoms with E-state index >= 15 is 0 Å². The van der Waals surface area contributed by atoms with E-state index in [0.717, 1.165) is 8.04 Å². The van der Waals surface area contributed by atoms with Gasteiger partial charge in [0.25, 0.3) is 5.91 Å². The van der Waals surface area contributed by atoms with Gasteiger partial charge in [-0.2, -0.15) is 0 Å². The van der Waals surface area contributed by atoms with Gasteiger partial charge in [0.05, 0.1) is 5.56 Å². The second-order valence-electron chi connectivity index (χ2n) is 3.50. The Bertz CT molecular complexity index is 466. The van der Waals surface area contributed by atoms with Crippen molar-refractivity contribution in [2.45, 2.75) is 12.5 Å². The summed E-state index contributed by atoms with van der Waals surface area (Å²) < 4.78 is 1.46. The molecule has 3 N–H and O–H groups in total. The topological polar surface area (TPSA) is 86.6 Å². The van der Waals surface area contributed by atoms with Gasteiger partial charge in [-0.25, -0.2) is 4.79 Å². The number of nitrogens with one attached hydrogen (secondary N) is 1. The van der Waals surface area contributed by atoms with E-state index in [1.54, 1.807) is 18.2 Å². The summed E-state index contributed by atoms with van der Waals surface area (Å²) in [6.45, 7) is -0.299. The highest BCUT2D eigenvalue weighted by Gasteiger charge is 2.21. The number of hydrogen-bond acceptors (Lipinski definition) is 3. The van der Waals surface area contributed by atoms with Gasteiger partial charge in [-0.1, -0.05) is 15.9 Å². The number of carboxylic acid groups (broad SMARTS) is 1. The molecule has 0 saturated heterocycles. The fraction of sp³-hybridized carbons (Fsp3) is 0.273. The largest absolute Gasteiger partial charge is 0.480 e. The van der Waals surface area contributed by atoms with Crippen LogP contribution < -0.4 is 5.32 Å². The standard InChI is InChI=1S/C11H11BrINO4/c12-6-1-2-8(13)7(5-6)10(16)14-9(3-4-15)11(17)18/h1-2,5,9,15H,3-4H2,(H,14,16)(H,17,18)/t9-/m1/s1. The Hall–Kier alpha value is -0.670. The van der Waals surface area contributed by atoms with E-state index in [0.29, 0.717) is 5.56 Å². The minimum absolute atomic E-state index is 0.0222. The molecule has 0 saturated carbocycles. The number of carbonyl (C=O) groups is 2. The molecule has 1 amide bonds. The van der Waals surface area contributed by atoms with Crippen molar-refractivity contribution in [3.8, 4) is 0 Å². The molecule has 0 spiro atoms. The highest BCUT2D eigenvalue weighted by molar-refractivity contribution is 14.1. The summed E-state index contributed by atoms with van der Waals surface area (Å²) in [5.74, 6) is -1.64. The third-order valence-corrected chi connectivity index (χ3v) is 3.63. The maximum Gasteiger partial charge on any atom is 0.326 e. The lowest BCUT2D eigenvalue weighted by molar-refractivity contribution is -0.139. The number of amides is 1. The molecule has 1 rings (SSSR count). The van der Waals surface area contributed by atoms with Gasteiger partial charge in [-0.3, -0.25) is 4.79 Å². The van der Waals surface area contributed by atoms with Crippen molar-refractivity contribution in [3.63, 3.8) is 0 Å². The lowest BCUT2D eigenvalue weighted by Gasteiger charge is -2.14. The van der Waals surface area contributed by atoms with E-state index in [1.807, 2.05) is 22.6 Å². The van der Waals surface area contributed by atoms with Crippen molar-refractivity contribution in [1.82, 2.24) is 5.32 Å². The number of aliphatic hydroxyl groups excluding tert-OH is 1. The zero-order valence-corrected chi connectivity index (χ0v) is 12.9. The molecular weight excluding hydrogens is 417 g/mol. The van der Waals surface area contributed by atoms with Gasteiger partial charge in [-0.15, -0.1) is 0 Å². The van der Waals surface area contributed by atoms with Crippen molar-refractivity contribution >= 4 is 50.4 Å². The van der Waals surface area contributed by atoms with Crippen LogP contribution in [0.15, 0.2) is 22.7 Å². The third-order valence-electron chi connectivity index (χ3n) is 2.19. The average Bonchev–Trinajstić information content (AvgIpc) is 2.31. The lowest BCUT2D eigenvalue weighted by Crippen LogP contribution is -2.41. The Kier molecular flexibility index (Phi) is 6.03. The Labute approximate surface area is 126 Å². The highest BCUT2D eigenvalue weighted by atomic mass is 127. The Morgan fingerprint density at radius 2 is 2.11 bits per heavy atom. The number of rotatable bonds is 5. The summed E-state index contributed by atoms with van der Waals surface area (Å²) in [4.78, 5) is 22.8. The third kappa shape index (κ3) is 4.21. The van der Waals surface area contributed by atoms with E-state index in [1.165, 1.54) is 0 Å². The van der Waals surface area contributed by atoms with Gasteiger partial charge >= 0.3 is 5.97 Å². The van der Waals surface area contributed by atoms with E-state index in [-0.39, 0.29) is 13.0 Å². The van der Waals surface area contributed by atoms with Crippen molar-refractivity contribution < 1.29 is 19.8 Å². The zero-order valence-electron chi connectivity index (χ0n) is 9.19. The van der Waals surface area contributed by atoms with Crippen LogP contribution in [0.5, 0.6) is 0 Å². The molecule has 7 heteroatoms.